The molecule has 4 aromatic heterocycles. The second kappa shape index (κ2) is 8.18. The summed E-state index contributed by atoms with van der Waals surface area (Å²) in [5, 5.41) is 5.03. The summed E-state index contributed by atoms with van der Waals surface area (Å²) in [7, 11) is 0. The van der Waals surface area contributed by atoms with Gasteiger partial charge in [0.25, 0.3) is 0 Å². The van der Waals surface area contributed by atoms with Gasteiger partial charge < -0.3 is 9.72 Å². The van der Waals surface area contributed by atoms with Crippen LogP contribution >= 0.6 is 11.3 Å². The maximum Gasteiger partial charge on any atom is 0.332 e. The van der Waals surface area contributed by atoms with E-state index in [9.17, 15) is 4.79 Å². The number of aromatic amines is 1. The monoisotopic (exact) mass is 486 g/mol. The summed E-state index contributed by atoms with van der Waals surface area (Å²) in [6.45, 7) is 0. The minimum atomic E-state index is -0.247. The van der Waals surface area contributed by atoms with Gasteiger partial charge in [0.05, 0.1) is 21.4 Å². The molecule has 0 aliphatic rings. The van der Waals surface area contributed by atoms with Gasteiger partial charge in [-0.1, -0.05) is 48.5 Å². The molecule has 6 nitrogen and oxygen atoms in total. The number of imidazole rings is 1. The van der Waals surface area contributed by atoms with Crippen molar-refractivity contribution in [2.24, 2.45) is 0 Å². The molecule has 0 fully saturated rings. The van der Waals surface area contributed by atoms with E-state index < -0.39 is 0 Å². The van der Waals surface area contributed by atoms with Crippen LogP contribution in [0.15, 0.2) is 107 Å². The molecule has 0 spiro atoms. The van der Waals surface area contributed by atoms with Crippen molar-refractivity contribution in [3.8, 4) is 28.7 Å². The summed E-state index contributed by atoms with van der Waals surface area (Å²) in [6.07, 6.45) is 1.83. The van der Waals surface area contributed by atoms with E-state index in [2.05, 4.69) is 21.4 Å². The number of para-hydroxylation sites is 2. The highest BCUT2D eigenvalue weighted by Crippen LogP contribution is 2.34. The second-order valence-corrected chi connectivity index (χ2v) is 9.33. The number of hydrogen-bond donors (Lipinski definition) is 1. The fourth-order valence-corrected chi connectivity index (χ4v) is 5.48. The highest BCUT2D eigenvalue weighted by Gasteiger charge is 2.15. The largest absolute Gasteiger partial charge is 0.439 e. The van der Waals surface area contributed by atoms with Crippen LogP contribution in [-0.2, 0) is 0 Å². The van der Waals surface area contributed by atoms with E-state index in [1.165, 1.54) is 5.39 Å². The molecule has 3 aromatic carbocycles. The average molecular weight is 487 g/mol. The average Bonchev–Trinajstić information content (AvgIpc) is 3.52. The van der Waals surface area contributed by atoms with E-state index >= 15 is 0 Å². The zero-order chi connectivity index (χ0) is 24.1. The number of ether oxygens (including phenoxy) is 1. The number of thiophene rings is 1. The summed E-state index contributed by atoms with van der Waals surface area (Å²) >= 11 is 1.67. The Balaban J connectivity index is 1.36. The van der Waals surface area contributed by atoms with Gasteiger partial charge in [0.2, 0.25) is 5.88 Å². The Hall–Kier alpha value is -4.75. The quantitative estimate of drug-likeness (QED) is 0.293. The van der Waals surface area contributed by atoms with Crippen LogP contribution in [-0.4, -0.2) is 19.5 Å². The Morgan fingerprint density at radius 3 is 2.72 bits per heavy atom. The van der Waals surface area contributed by atoms with Crippen molar-refractivity contribution in [3.63, 3.8) is 0 Å². The van der Waals surface area contributed by atoms with Crippen LogP contribution in [0.2, 0.25) is 0 Å². The van der Waals surface area contributed by atoms with Crippen molar-refractivity contribution < 1.29 is 4.74 Å². The number of benzene rings is 3. The van der Waals surface area contributed by atoms with Crippen molar-refractivity contribution in [3.05, 3.63) is 113 Å². The Morgan fingerprint density at radius 2 is 1.75 bits per heavy atom. The molecule has 7 aromatic rings. The first-order valence-electron chi connectivity index (χ1n) is 11.4. The van der Waals surface area contributed by atoms with Gasteiger partial charge >= 0.3 is 5.69 Å². The van der Waals surface area contributed by atoms with Crippen LogP contribution in [0.4, 0.5) is 0 Å². The molecule has 0 amide bonds. The second-order valence-electron chi connectivity index (χ2n) is 8.42. The third-order valence-electron chi connectivity index (χ3n) is 6.20. The normalized spacial score (nSPS) is 11.4. The molecule has 0 aliphatic carbocycles. The molecular formula is C29H18N4O2S. The van der Waals surface area contributed by atoms with Gasteiger partial charge in [-0.05, 0) is 52.6 Å². The molecule has 172 valence electrons. The summed E-state index contributed by atoms with van der Waals surface area (Å²) in [5.41, 5.74) is 3.15. The molecule has 0 radical (unpaired) electrons. The molecule has 0 saturated carbocycles. The van der Waals surface area contributed by atoms with Gasteiger partial charge in [-0.2, -0.15) is 4.98 Å². The summed E-state index contributed by atoms with van der Waals surface area (Å²) in [4.78, 5) is 25.3. The number of fused-ring (bicyclic) bond motifs is 3. The van der Waals surface area contributed by atoms with Crippen molar-refractivity contribution in [2.45, 2.75) is 0 Å². The number of H-pyrrole nitrogens is 1. The Morgan fingerprint density at radius 1 is 0.861 bits per heavy atom. The fourth-order valence-electron chi connectivity index (χ4n) is 4.57. The molecular weight excluding hydrogens is 468 g/mol. The van der Waals surface area contributed by atoms with E-state index in [1.54, 1.807) is 15.9 Å². The molecule has 0 saturated heterocycles. The Labute approximate surface area is 209 Å². The van der Waals surface area contributed by atoms with E-state index in [0.29, 0.717) is 17.4 Å². The lowest BCUT2D eigenvalue weighted by atomic mass is 10.1. The molecule has 7 rings (SSSR count). The summed E-state index contributed by atoms with van der Waals surface area (Å²) in [5.74, 6) is 1.56. The number of nitrogens with one attached hydrogen (secondary N) is 1. The molecule has 0 atom stereocenters. The van der Waals surface area contributed by atoms with Gasteiger partial charge in [-0.15, -0.1) is 11.3 Å². The molecule has 36 heavy (non-hydrogen) atoms. The van der Waals surface area contributed by atoms with E-state index in [1.807, 2.05) is 91.1 Å². The standard InChI is InChI=1S/C29H18N4O2S/c34-29-31-23-10-3-4-11-24(23)33(29)28-22-9-2-1-6-19(22)17-25(32-28)35-21-8-5-7-20(16-21)26-27-18(12-14-30-26)13-15-36-27/h1-17H,(H,31,34). The lowest BCUT2D eigenvalue weighted by molar-refractivity contribution is 0.463. The smallest absolute Gasteiger partial charge is 0.332 e. The lowest BCUT2D eigenvalue weighted by Gasteiger charge is -2.12. The number of pyridine rings is 2. The molecule has 0 unspecified atom stereocenters. The van der Waals surface area contributed by atoms with Crippen molar-refractivity contribution in [2.75, 3.05) is 0 Å². The third kappa shape index (κ3) is 3.37. The van der Waals surface area contributed by atoms with Crippen molar-refractivity contribution in [1.29, 1.82) is 0 Å². The lowest BCUT2D eigenvalue weighted by Crippen LogP contribution is -2.16. The van der Waals surface area contributed by atoms with Crippen LogP contribution in [0, 0.1) is 0 Å². The zero-order valence-electron chi connectivity index (χ0n) is 18.9. The van der Waals surface area contributed by atoms with Crippen LogP contribution < -0.4 is 10.4 Å². The third-order valence-corrected chi connectivity index (χ3v) is 7.13. The topological polar surface area (TPSA) is 72.8 Å². The summed E-state index contributed by atoms with van der Waals surface area (Å²) < 4.78 is 9.01. The molecule has 0 aliphatic heterocycles. The van der Waals surface area contributed by atoms with Crippen molar-refractivity contribution in [1.82, 2.24) is 19.5 Å². The molecule has 7 heteroatoms. The first kappa shape index (κ1) is 20.6. The van der Waals surface area contributed by atoms with Gasteiger partial charge in [0.1, 0.15) is 5.75 Å². The molecule has 0 bridgehead atoms. The predicted octanol–water partition coefficient (Wildman–Crippen LogP) is 6.94. The predicted molar refractivity (Wildman–Crippen MR) is 144 cm³/mol. The number of nitrogens with zero attached hydrogens (tertiary/aromatic N) is 3. The van der Waals surface area contributed by atoms with E-state index in [4.69, 9.17) is 9.72 Å². The van der Waals surface area contributed by atoms with Crippen LogP contribution in [0.3, 0.4) is 0 Å². The van der Waals surface area contributed by atoms with Gasteiger partial charge in [0.15, 0.2) is 5.82 Å². The highest BCUT2D eigenvalue weighted by atomic mass is 32.1. The minimum Gasteiger partial charge on any atom is -0.439 e. The first-order chi connectivity index (χ1) is 17.7. The van der Waals surface area contributed by atoms with Crippen LogP contribution in [0.1, 0.15) is 0 Å². The number of aromatic nitrogens is 4. The summed E-state index contributed by atoms with van der Waals surface area (Å²) in [6, 6.07) is 29.3. The highest BCUT2D eigenvalue weighted by molar-refractivity contribution is 7.17. The van der Waals surface area contributed by atoms with Crippen LogP contribution in [0.5, 0.6) is 11.6 Å². The maximum atomic E-state index is 13.0. The minimum absolute atomic E-state index is 0.247. The first-order valence-corrected chi connectivity index (χ1v) is 12.3. The Kier molecular flexibility index (Phi) is 4.68. The SMILES string of the molecule is O=c1[nH]c2ccccc2n1-c1nc(Oc2cccc(-c3nccc4ccsc34)c2)cc2ccccc12. The number of hydrogen-bond acceptors (Lipinski definition) is 5. The van der Waals surface area contributed by atoms with Gasteiger partial charge in [-0.3, -0.25) is 4.98 Å². The zero-order valence-corrected chi connectivity index (χ0v) is 19.7. The van der Waals surface area contributed by atoms with Gasteiger partial charge in [0, 0.05) is 23.2 Å². The fraction of sp³-hybridized carbons (Fsp3) is 0. The van der Waals surface area contributed by atoms with E-state index in [-0.39, 0.29) is 5.69 Å². The van der Waals surface area contributed by atoms with Crippen molar-refractivity contribution >= 4 is 43.2 Å². The number of rotatable bonds is 4. The molecule has 1 N–H and O–H groups in total. The van der Waals surface area contributed by atoms with Gasteiger partial charge in [-0.25, -0.2) is 9.36 Å². The van der Waals surface area contributed by atoms with E-state index in [0.717, 1.165) is 37.8 Å². The van der Waals surface area contributed by atoms with Crippen LogP contribution in [0.25, 0.3) is 49.0 Å². The maximum absolute atomic E-state index is 13.0. The molecule has 4 heterocycles. The Bertz CT molecular complexity index is 1970.